The normalized spacial score (nSPS) is 20.8. The van der Waals surface area contributed by atoms with Crippen molar-refractivity contribution in [3.8, 4) is 0 Å². The molecule has 0 amide bonds. The largest absolute Gasteiger partial charge is 0.396 e. The number of guanidine groups is 1. The number of thioether (sulfide) groups is 1. The summed E-state index contributed by atoms with van der Waals surface area (Å²) < 4.78 is 6.65. The summed E-state index contributed by atoms with van der Waals surface area (Å²) in [6.45, 7) is 8.24. The zero-order valence-electron chi connectivity index (χ0n) is 16.0. The van der Waals surface area contributed by atoms with Crippen LogP contribution in [-0.4, -0.2) is 55.8 Å². The van der Waals surface area contributed by atoms with Crippen LogP contribution in [0.2, 0.25) is 0 Å². The Hall–Kier alpha value is -0.0300. The van der Waals surface area contributed by atoms with Gasteiger partial charge in [-0.25, -0.2) is 0 Å². The van der Waals surface area contributed by atoms with Crippen LogP contribution in [0.25, 0.3) is 0 Å². The van der Waals surface area contributed by atoms with Crippen molar-refractivity contribution in [3.05, 3.63) is 28.7 Å². The van der Waals surface area contributed by atoms with E-state index in [0.29, 0.717) is 18.4 Å². The van der Waals surface area contributed by atoms with E-state index in [1.807, 2.05) is 11.8 Å². The van der Waals surface area contributed by atoms with E-state index in [1.165, 1.54) is 4.90 Å². The second-order valence-electron chi connectivity index (χ2n) is 6.73. The molecular weight excluding hydrogens is 541 g/mol. The maximum atomic E-state index is 9.35. The number of hydrogen-bond acceptors (Lipinski definition) is 4. The van der Waals surface area contributed by atoms with Gasteiger partial charge < -0.3 is 20.5 Å². The SMILES string of the molecule is CCNC(=NCC1(CCO)CCOC1)NCC(C)Sc1ccc(Br)cc1.I. The molecule has 3 N–H and O–H groups in total. The number of rotatable bonds is 9. The van der Waals surface area contributed by atoms with Gasteiger partial charge in [-0.1, -0.05) is 22.9 Å². The van der Waals surface area contributed by atoms with Crippen molar-refractivity contribution in [1.29, 1.82) is 0 Å². The van der Waals surface area contributed by atoms with Gasteiger partial charge in [-0.05, 0) is 44.0 Å². The first kappa shape index (κ1) is 25.0. The lowest BCUT2D eigenvalue weighted by molar-refractivity contribution is 0.131. The topological polar surface area (TPSA) is 65.9 Å². The molecule has 0 radical (unpaired) electrons. The molecule has 0 aliphatic carbocycles. The van der Waals surface area contributed by atoms with Gasteiger partial charge in [0.1, 0.15) is 0 Å². The van der Waals surface area contributed by atoms with Crippen molar-refractivity contribution < 1.29 is 9.84 Å². The summed E-state index contributed by atoms with van der Waals surface area (Å²) in [5, 5.41) is 16.5. The molecule has 2 unspecified atom stereocenters. The van der Waals surface area contributed by atoms with E-state index in [1.54, 1.807) is 0 Å². The summed E-state index contributed by atoms with van der Waals surface area (Å²) in [7, 11) is 0. The minimum Gasteiger partial charge on any atom is -0.396 e. The van der Waals surface area contributed by atoms with Crippen LogP contribution < -0.4 is 10.6 Å². The summed E-state index contributed by atoms with van der Waals surface area (Å²) in [4.78, 5) is 6.02. The third-order valence-corrected chi connectivity index (χ3v) is 6.09. The molecule has 0 saturated carbocycles. The molecule has 0 spiro atoms. The van der Waals surface area contributed by atoms with Crippen molar-refractivity contribution >= 4 is 57.6 Å². The minimum absolute atomic E-state index is 0. The lowest BCUT2D eigenvalue weighted by Gasteiger charge is -2.25. The van der Waals surface area contributed by atoms with E-state index >= 15 is 0 Å². The van der Waals surface area contributed by atoms with E-state index in [0.717, 1.165) is 43.0 Å². The van der Waals surface area contributed by atoms with Crippen LogP contribution in [0.3, 0.4) is 0 Å². The van der Waals surface area contributed by atoms with E-state index in [2.05, 4.69) is 64.7 Å². The van der Waals surface area contributed by atoms with Crippen LogP contribution in [0.15, 0.2) is 38.6 Å². The highest BCUT2D eigenvalue weighted by molar-refractivity contribution is 14.0. The molecule has 1 saturated heterocycles. The second-order valence-corrected chi connectivity index (χ2v) is 9.16. The number of aliphatic hydroxyl groups excluding tert-OH is 1. The molecular formula is C19H31BrIN3O2S. The zero-order valence-corrected chi connectivity index (χ0v) is 20.8. The molecule has 8 heteroatoms. The number of nitrogens with zero attached hydrogens (tertiary/aromatic N) is 1. The minimum atomic E-state index is -0.0190. The Bertz CT molecular complexity index is 569. The first-order chi connectivity index (χ1) is 12.6. The molecule has 1 aliphatic rings. The van der Waals surface area contributed by atoms with E-state index < -0.39 is 0 Å². The summed E-state index contributed by atoms with van der Waals surface area (Å²) >= 11 is 5.31. The van der Waals surface area contributed by atoms with Crippen molar-refractivity contribution in [2.75, 3.05) is 39.5 Å². The number of benzene rings is 1. The number of aliphatic imine (C=N–C) groups is 1. The van der Waals surface area contributed by atoms with E-state index in [-0.39, 0.29) is 36.0 Å². The molecule has 1 heterocycles. The first-order valence-electron chi connectivity index (χ1n) is 9.20. The van der Waals surface area contributed by atoms with Gasteiger partial charge in [0.15, 0.2) is 5.96 Å². The number of halogens is 2. The second kappa shape index (κ2) is 13.2. The molecule has 0 bridgehead atoms. The standard InChI is InChI=1S/C19H30BrN3O2S.HI/c1-3-21-18(23-13-19(8-10-24)9-11-25-14-19)22-12-15(2)26-17-6-4-16(20)5-7-17;/h4-7,15,24H,3,8-14H2,1-2H3,(H2,21,22,23);1H. The third kappa shape index (κ3) is 8.89. The molecule has 1 aromatic rings. The average Bonchev–Trinajstić information content (AvgIpc) is 3.08. The fourth-order valence-electron chi connectivity index (χ4n) is 2.90. The highest BCUT2D eigenvalue weighted by atomic mass is 127. The van der Waals surface area contributed by atoms with Gasteiger partial charge in [0.2, 0.25) is 0 Å². The van der Waals surface area contributed by atoms with Crippen LogP contribution in [0, 0.1) is 5.41 Å². The summed E-state index contributed by atoms with van der Waals surface area (Å²) in [6.07, 6.45) is 1.71. The molecule has 1 aliphatic heterocycles. The quantitative estimate of drug-likeness (QED) is 0.182. The number of ether oxygens (including phenoxy) is 1. The Labute approximate surface area is 192 Å². The molecule has 27 heavy (non-hydrogen) atoms. The van der Waals surface area contributed by atoms with Crippen molar-refractivity contribution in [3.63, 3.8) is 0 Å². The maximum Gasteiger partial charge on any atom is 0.191 e. The Morgan fingerprint density at radius 3 is 2.70 bits per heavy atom. The fourth-order valence-corrected chi connectivity index (χ4v) is 4.09. The average molecular weight is 572 g/mol. The molecule has 0 aromatic heterocycles. The lowest BCUT2D eigenvalue weighted by atomic mass is 9.84. The number of hydrogen-bond donors (Lipinski definition) is 3. The summed E-state index contributed by atoms with van der Waals surface area (Å²) in [6, 6.07) is 8.39. The molecule has 2 atom stereocenters. The molecule has 5 nitrogen and oxygen atoms in total. The van der Waals surface area contributed by atoms with Crippen LogP contribution in [0.4, 0.5) is 0 Å². The smallest absolute Gasteiger partial charge is 0.191 e. The highest BCUT2D eigenvalue weighted by Gasteiger charge is 2.34. The number of nitrogens with one attached hydrogen (secondary N) is 2. The predicted molar refractivity (Wildman–Crippen MR) is 128 cm³/mol. The van der Waals surface area contributed by atoms with Crippen LogP contribution in [0.5, 0.6) is 0 Å². The molecule has 154 valence electrons. The monoisotopic (exact) mass is 571 g/mol. The van der Waals surface area contributed by atoms with Gasteiger partial charge in [-0.2, -0.15) is 0 Å². The molecule has 1 fully saturated rings. The van der Waals surface area contributed by atoms with Gasteiger partial charge in [0.25, 0.3) is 0 Å². The van der Waals surface area contributed by atoms with Gasteiger partial charge in [0.05, 0.1) is 13.2 Å². The number of aliphatic hydroxyl groups is 1. The van der Waals surface area contributed by atoms with Gasteiger partial charge >= 0.3 is 0 Å². The van der Waals surface area contributed by atoms with Crippen LogP contribution in [-0.2, 0) is 4.74 Å². The van der Waals surface area contributed by atoms with Crippen LogP contribution >= 0.6 is 51.7 Å². The summed E-state index contributed by atoms with van der Waals surface area (Å²) in [5.74, 6) is 0.833. The van der Waals surface area contributed by atoms with Crippen molar-refractivity contribution in [1.82, 2.24) is 10.6 Å². The van der Waals surface area contributed by atoms with Gasteiger partial charge in [-0.3, -0.25) is 4.99 Å². The zero-order chi connectivity index (χ0) is 18.8. The predicted octanol–water partition coefficient (Wildman–Crippen LogP) is 3.89. The van der Waals surface area contributed by atoms with Crippen molar-refractivity contribution in [2.45, 2.75) is 36.8 Å². The Morgan fingerprint density at radius 2 is 2.11 bits per heavy atom. The highest BCUT2D eigenvalue weighted by Crippen LogP contribution is 2.32. The Kier molecular flexibility index (Phi) is 12.3. The van der Waals surface area contributed by atoms with E-state index in [9.17, 15) is 5.11 Å². The molecule has 1 aromatic carbocycles. The third-order valence-electron chi connectivity index (χ3n) is 4.45. The maximum absolute atomic E-state index is 9.35. The van der Waals surface area contributed by atoms with Gasteiger partial charge in [0, 0.05) is 46.3 Å². The van der Waals surface area contributed by atoms with E-state index in [4.69, 9.17) is 9.73 Å². The Balaban J connectivity index is 0.00000364. The fraction of sp³-hybridized carbons (Fsp3) is 0.632. The van der Waals surface area contributed by atoms with Gasteiger partial charge in [-0.15, -0.1) is 35.7 Å². The molecule has 2 rings (SSSR count). The Morgan fingerprint density at radius 1 is 1.37 bits per heavy atom. The lowest BCUT2D eigenvalue weighted by Crippen LogP contribution is -2.41. The van der Waals surface area contributed by atoms with Crippen LogP contribution in [0.1, 0.15) is 26.7 Å². The first-order valence-corrected chi connectivity index (χ1v) is 10.9. The van der Waals surface area contributed by atoms with Crippen molar-refractivity contribution in [2.24, 2.45) is 10.4 Å². The summed E-state index contributed by atoms with van der Waals surface area (Å²) in [5.41, 5.74) is -0.0190.